The van der Waals surface area contributed by atoms with Gasteiger partial charge in [-0.05, 0) is 24.8 Å². The Labute approximate surface area is 124 Å². The molecule has 1 N–H and O–H groups in total. The van der Waals surface area contributed by atoms with Crippen LogP contribution in [0, 0.1) is 5.92 Å². The molecule has 0 saturated heterocycles. The van der Waals surface area contributed by atoms with Gasteiger partial charge in [0.05, 0.1) is 24.5 Å². The van der Waals surface area contributed by atoms with E-state index < -0.39 is 0 Å². The summed E-state index contributed by atoms with van der Waals surface area (Å²) in [5, 5.41) is 4.41. The lowest BCUT2D eigenvalue weighted by Crippen LogP contribution is -2.33. The van der Waals surface area contributed by atoms with E-state index >= 15 is 0 Å². The van der Waals surface area contributed by atoms with E-state index in [1.54, 1.807) is 13.3 Å². The number of ether oxygens (including phenoxy) is 1. The molecule has 1 saturated carbocycles. The minimum atomic E-state index is 0.185. The number of aromatic nitrogens is 1. The summed E-state index contributed by atoms with van der Waals surface area (Å²) in [5.41, 5.74) is 1.16. The molecule has 20 heavy (non-hydrogen) atoms. The number of amidine groups is 1. The quantitative estimate of drug-likeness (QED) is 0.905. The summed E-state index contributed by atoms with van der Waals surface area (Å²) in [7, 11) is 1.63. The molecule has 1 aliphatic heterocycles. The van der Waals surface area contributed by atoms with E-state index in [1.165, 1.54) is 25.7 Å². The van der Waals surface area contributed by atoms with Crippen LogP contribution in [0.3, 0.4) is 0 Å². The minimum Gasteiger partial charge on any atom is -0.481 e. The summed E-state index contributed by atoms with van der Waals surface area (Å²) in [6.45, 7) is 2.35. The van der Waals surface area contributed by atoms with Gasteiger partial charge in [-0.25, -0.2) is 4.98 Å². The number of thioether (sulfide) groups is 1. The Morgan fingerprint density at radius 2 is 2.35 bits per heavy atom. The molecule has 2 heterocycles. The van der Waals surface area contributed by atoms with Crippen LogP contribution in [0.2, 0.25) is 0 Å². The van der Waals surface area contributed by atoms with E-state index in [2.05, 4.69) is 17.2 Å². The van der Waals surface area contributed by atoms with E-state index in [4.69, 9.17) is 9.73 Å². The largest absolute Gasteiger partial charge is 0.481 e. The highest BCUT2D eigenvalue weighted by atomic mass is 32.2. The van der Waals surface area contributed by atoms with Crippen molar-refractivity contribution in [1.29, 1.82) is 0 Å². The Morgan fingerprint density at radius 3 is 3.05 bits per heavy atom. The molecule has 0 bridgehead atoms. The molecule has 2 aliphatic rings. The molecule has 5 heteroatoms. The molecule has 1 aromatic rings. The number of pyridine rings is 1. The van der Waals surface area contributed by atoms with Crippen LogP contribution in [-0.4, -0.2) is 28.6 Å². The molecule has 1 aromatic heterocycles. The van der Waals surface area contributed by atoms with E-state index in [9.17, 15) is 0 Å². The van der Waals surface area contributed by atoms with Gasteiger partial charge in [0, 0.05) is 11.8 Å². The lowest BCUT2D eigenvalue weighted by Gasteiger charge is -2.33. The molecule has 4 nitrogen and oxygen atoms in total. The van der Waals surface area contributed by atoms with Gasteiger partial charge in [0.1, 0.15) is 0 Å². The van der Waals surface area contributed by atoms with Crippen molar-refractivity contribution in [2.24, 2.45) is 10.9 Å². The van der Waals surface area contributed by atoms with Crippen LogP contribution in [0.4, 0.5) is 5.69 Å². The number of nitrogens with one attached hydrogen (secondary N) is 1. The highest BCUT2D eigenvalue weighted by Gasteiger charge is 2.39. The average Bonchev–Trinajstić information content (AvgIpc) is 2.82. The van der Waals surface area contributed by atoms with Crippen molar-refractivity contribution in [2.45, 2.75) is 38.1 Å². The molecule has 2 atom stereocenters. The number of hydrogen-bond donors (Lipinski definition) is 1. The minimum absolute atomic E-state index is 0.185. The van der Waals surface area contributed by atoms with Gasteiger partial charge in [0.15, 0.2) is 5.17 Å². The van der Waals surface area contributed by atoms with Gasteiger partial charge < -0.3 is 10.1 Å². The molecule has 3 rings (SSSR count). The molecule has 1 aliphatic carbocycles. The molecular formula is C15H21N3OS. The monoisotopic (exact) mass is 291 g/mol. The van der Waals surface area contributed by atoms with Crippen LogP contribution in [0.15, 0.2) is 23.3 Å². The van der Waals surface area contributed by atoms with Gasteiger partial charge in [0.2, 0.25) is 5.88 Å². The van der Waals surface area contributed by atoms with Crippen molar-refractivity contribution in [3.8, 4) is 5.88 Å². The van der Waals surface area contributed by atoms with Gasteiger partial charge >= 0.3 is 0 Å². The molecule has 108 valence electrons. The summed E-state index contributed by atoms with van der Waals surface area (Å²) in [5.74, 6) is 2.55. The topological polar surface area (TPSA) is 46.5 Å². The SMILES string of the molecule is COc1ccc(NC2=NC3(CCCC(C)C3)CS2)cn1. The first-order valence-electron chi connectivity index (χ1n) is 7.19. The van der Waals surface area contributed by atoms with Gasteiger partial charge in [-0.2, -0.15) is 0 Å². The number of hydrogen-bond acceptors (Lipinski definition) is 5. The number of nitrogens with zero attached hydrogens (tertiary/aromatic N) is 2. The fourth-order valence-corrected chi connectivity index (χ4v) is 4.29. The fourth-order valence-electron chi connectivity index (χ4n) is 3.11. The molecule has 1 spiro atoms. The summed E-state index contributed by atoms with van der Waals surface area (Å²) in [4.78, 5) is 9.18. The van der Waals surface area contributed by atoms with Crippen molar-refractivity contribution >= 4 is 22.6 Å². The lowest BCUT2D eigenvalue weighted by atomic mass is 9.78. The second kappa shape index (κ2) is 5.64. The van der Waals surface area contributed by atoms with Crippen LogP contribution in [0.25, 0.3) is 0 Å². The zero-order chi connectivity index (χ0) is 14.0. The van der Waals surface area contributed by atoms with Crippen molar-refractivity contribution in [3.05, 3.63) is 18.3 Å². The Kier molecular flexibility index (Phi) is 3.87. The van der Waals surface area contributed by atoms with Crippen LogP contribution in [0.1, 0.15) is 32.6 Å². The van der Waals surface area contributed by atoms with Gasteiger partial charge in [-0.3, -0.25) is 4.99 Å². The van der Waals surface area contributed by atoms with Gasteiger partial charge in [-0.1, -0.05) is 31.5 Å². The number of aliphatic imine (C=N–C) groups is 1. The first-order chi connectivity index (χ1) is 9.69. The van der Waals surface area contributed by atoms with Crippen molar-refractivity contribution in [2.75, 3.05) is 18.2 Å². The summed E-state index contributed by atoms with van der Waals surface area (Å²) in [6.07, 6.45) is 6.91. The summed E-state index contributed by atoms with van der Waals surface area (Å²) < 4.78 is 5.07. The molecule has 0 amide bonds. The first kappa shape index (κ1) is 13.7. The number of methoxy groups -OCH3 is 1. The zero-order valence-electron chi connectivity index (χ0n) is 12.1. The van der Waals surface area contributed by atoms with Gasteiger partial charge in [-0.15, -0.1) is 0 Å². The van der Waals surface area contributed by atoms with E-state index in [0.29, 0.717) is 5.88 Å². The fraction of sp³-hybridized carbons (Fsp3) is 0.600. The predicted molar refractivity (Wildman–Crippen MR) is 84.7 cm³/mol. The maximum absolute atomic E-state index is 5.07. The third kappa shape index (κ3) is 2.92. The lowest BCUT2D eigenvalue weighted by molar-refractivity contribution is 0.266. The number of rotatable bonds is 2. The summed E-state index contributed by atoms with van der Waals surface area (Å²) >= 11 is 1.83. The van der Waals surface area contributed by atoms with Crippen molar-refractivity contribution in [3.63, 3.8) is 0 Å². The van der Waals surface area contributed by atoms with Crippen molar-refractivity contribution in [1.82, 2.24) is 4.98 Å². The second-order valence-corrected chi connectivity index (χ2v) is 6.81. The Balaban J connectivity index is 1.68. The highest BCUT2D eigenvalue weighted by Crippen LogP contribution is 2.42. The van der Waals surface area contributed by atoms with Crippen LogP contribution in [0.5, 0.6) is 5.88 Å². The normalized spacial score (nSPS) is 29.3. The Morgan fingerprint density at radius 1 is 1.45 bits per heavy atom. The van der Waals surface area contributed by atoms with Crippen LogP contribution in [-0.2, 0) is 0 Å². The van der Waals surface area contributed by atoms with E-state index in [1.807, 2.05) is 23.9 Å². The third-order valence-electron chi connectivity index (χ3n) is 4.08. The van der Waals surface area contributed by atoms with E-state index in [0.717, 1.165) is 22.5 Å². The molecule has 0 aromatic carbocycles. The third-order valence-corrected chi connectivity index (χ3v) is 5.23. The molecular weight excluding hydrogens is 270 g/mol. The van der Waals surface area contributed by atoms with E-state index in [-0.39, 0.29) is 5.54 Å². The maximum atomic E-state index is 5.07. The molecule has 0 radical (unpaired) electrons. The molecule has 1 fully saturated rings. The van der Waals surface area contributed by atoms with Gasteiger partial charge in [0.25, 0.3) is 0 Å². The average molecular weight is 291 g/mol. The highest BCUT2D eigenvalue weighted by molar-refractivity contribution is 8.14. The van der Waals surface area contributed by atoms with Crippen molar-refractivity contribution < 1.29 is 4.74 Å². The first-order valence-corrected chi connectivity index (χ1v) is 8.17. The smallest absolute Gasteiger partial charge is 0.213 e. The zero-order valence-corrected chi connectivity index (χ0v) is 12.9. The second-order valence-electron chi connectivity index (χ2n) is 5.85. The maximum Gasteiger partial charge on any atom is 0.213 e. The number of anilines is 1. The van der Waals surface area contributed by atoms with Crippen LogP contribution >= 0.6 is 11.8 Å². The Hall–Kier alpha value is -1.23. The standard InChI is InChI=1S/C15H21N3OS/c1-11-4-3-7-15(8-11)10-20-14(18-15)17-12-5-6-13(19-2)16-9-12/h5-6,9,11H,3-4,7-8,10H2,1-2H3,(H,17,18). The van der Waals surface area contributed by atoms with Crippen LogP contribution < -0.4 is 10.1 Å². The predicted octanol–water partition coefficient (Wildman–Crippen LogP) is 3.55. The molecule has 2 unspecified atom stereocenters. The Bertz CT molecular complexity index is 502. The summed E-state index contributed by atoms with van der Waals surface area (Å²) in [6, 6.07) is 3.84.